The van der Waals surface area contributed by atoms with Crippen molar-refractivity contribution in [1.82, 2.24) is 4.90 Å². The van der Waals surface area contributed by atoms with Gasteiger partial charge in [0.05, 0.1) is 6.04 Å². The van der Waals surface area contributed by atoms with Gasteiger partial charge in [-0.05, 0) is 36.8 Å². The molecule has 0 bridgehead atoms. The number of para-hydroxylation sites is 1. The van der Waals surface area contributed by atoms with E-state index < -0.39 is 0 Å². The summed E-state index contributed by atoms with van der Waals surface area (Å²) in [5.41, 5.74) is 4.11. The number of carbonyl (C=O) groups is 1. The fourth-order valence-corrected chi connectivity index (χ4v) is 4.09. The van der Waals surface area contributed by atoms with Crippen molar-refractivity contribution < 1.29 is 4.79 Å². The quantitative estimate of drug-likeness (QED) is 0.620. The molecule has 4 nitrogen and oxygen atoms in total. The van der Waals surface area contributed by atoms with E-state index in [1.54, 1.807) is 0 Å². The molecule has 1 fully saturated rings. The first kappa shape index (κ1) is 20.5. The average molecular weight is 420 g/mol. The van der Waals surface area contributed by atoms with Crippen LogP contribution in [-0.4, -0.2) is 43.0 Å². The summed E-state index contributed by atoms with van der Waals surface area (Å²) in [6.07, 6.45) is 0. The minimum Gasteiger partial charge on any atom is -0.369 e. The van der Waals surface area contributed by atoms with Crippen LogP contribution in [0, 0.1) is 0 Å². The second kappa shape index (κ2) is 9.33. The summed E-state index contributed by atoms with van der Waals surface area (Å²) in [6, 6.07) is 25.8. The SMILES string of the molecule is C[C@H](C(=O)Nc1ccccc1-c1ccccc1)N1CCN(c2cccc(Cl)c2)CC1. The van der Waals surface area contributed by atoms with E-state index in [0.717, 1.165) is 53.7 Å². The number of piperazine rings is 1. The molecule has 3 aromatic rings. The molecule has 3 aromatic carbocycles. The van der Waals surface area contributed by atoms with Gasteiger partial charge in [-0.3, -0.25) is 9.69 Å². The Labute approximate surface area is 183 Å². The third kappa shape index (κ3) is 4.66. The third-order valence-corrected chi connectivity index (χ3v) is 5.92. The zero-order valence-electron chi connectivity index (χ0n) is 17.1. The smallest absolute Gasteiger partial charge is 0.241 e. The second-order valence-corrected chi connectivity index (χ2v) is 8.02. The molecule has 154 valence electrons. The van der Waals surface area contributed by atoms with E-state index in [9.17, 15) is 4.79 Å². The van der Waals surface area contributed by atoms with Crippen LogP contribution in [0.3, 0.4) is 0 Å². The van der Waals surface area contributed by atoms with Crippen LogP contribution in [0.2, 0.25) is 5.02 Å². The summed E-state index contributed by atoms with van der Waals surface area (Å²) in [5, 5.41) is 3.89. The molecule has 0 spiro atoms. The van der Waals surface area contributed by atoms with E-state index in [1.807, 2.05) is 67.6 Å². The van der Waals surface area contributed by atoms with Crippen molar-refractivity contribution >= 4 is 28.9 Å². The third-order valence-electron chi connectivity index (χ3n) is 5.68. The summed E-state index contributed by atoms with van der Waals surface area (Å²) >= 11 is 6.13. The summed E-state index contributed by atoms with van der Waals surface area (Å²) in [4.78, 5) is 17.6. The summed E-state index contributed by atoms with van der Waals surface area (Å²) in [7, 11) is 0. The van der Waals surface area contributed by atoms with Gasteiger partial charge in [0.1, 0.15) is 0 Å². The standard InChI is InChI=1S/C25H26ClN3O/c1-19(28-14-16-29(17-15-28)22-11-7-10-21(26)18-22)25(30)27-24-13-6-5-12-23(24)20-8-3-2-4-9-20/h2-13,18-19H,14-17H2,1H3,(H,27,30)/t19-/m1/s1. The van der Waals surface area contributed by atoms with E-state index in [2.05, 4.69) is 33.3 Å². The topological polar surface area (TPSA) is 35.6 Å². The molecule has 1 aliphatic rings. The minimum absolute atomic E-state index is 0.0228. The van der Waals surface area contributed by atoms with Crippen LogP contribution >= 0.6 is 11.6 Å². The lowest BCUT2D eigenvalue weighted by atomic mass is 10.0. The lowest BCUT2D eigenvalue weighted by Gasteiger charge is -2.38. The van der Waals surface area contributed by atoms with E-state index in [4.69, 9.17) is 11.6 Å². The molecule has 0 unspecified atom stereocenters. The average Bonchev–Trinajstić information content (AvgIpc) is 2.79. The Morgan fingerprint density at radius 3 is 2.33 bits per heavy atom. The molecular formula is C25H26ClN3O. The lowest BCUT2D eigenvalue weighted by molar-refractivity contribution is -0.120. The number of rotatable bonds is 5. The van der Waals surface area contributed by atoms with Crippen molar-refractivity contribution in [3.8, 4) is 11.1 Å². The first-order valence-corrected chi connectivity index (χ1v) is 10.7. The molecule has 0 aromatic heterocycles. The van der Waals surface area contributed by atoms with Gasteiger partial charge >= 0.3 is 0 Å². The summed E-state index contributed by atoms with van der Waals surface area (Å²) < 4.78 is 0. The van der Waals surface area contributed by atoms with E-state index in [0.29, 0.717) is 0 Å². The van der Waals surface area contributed by atoms with Crippen molar-refractivity contribution in [2.24, 2.45) is 0 Å². The highest BCUT2D eigenvalue weighted by atomic mass is 35.5. The molecule has 5 heteroatoms. The van der Waals surface area contributed by atoms with Crippen LogP contribution in [0.4, 0.5) is 11.4 Å². The maximum atomic E-state index is 13.0. The zero-order chi connectivity index (χ0) is 20.9. The Morgan fingerprint density at radius 1 is 0.900 bits per heavy atom. The molecule has 4 rings (SSSR count). The normalized spacial score (nSPS) is 15.6. The van der Waals surface area contributed by atoms with Gasteiger partial charge in [-0.1, -0.05) is 66.2 Å². The Morgan fingerprint density at radius 2 is 1.60 bits per heavy atom. The van der Waals surface area contributed by atoms with Crippen LogP contribution in [0.15, 0.2) is 78.9 Å². The molecule has 0 radical (unpaired) electrons. The predicted octanol–water partition coefficient (Wildman–Crippen LogP) is 5.16. The largest absolute Gasteiger partial charge is 0.369 e. The Bertz CT molecular complexity index is 1000. The van der Waals surface area contributed by atoms with Crippen LogP contribution in [0.1, 0.15) is 6.92 Å². The summed E-state index contributed by atoms with van der Waals surface area (Å²) in [5.74, 6) is 0.0228. The Kier molecular flexibility index (Phi) is 6.36. The van der Waals surface area contributed by atoms with Crippen molar-refractivity contribution in [2.45, 2.75) is 13.0 Å². The first-order valence-electron chi connectivity index (χ1n) is 10.3. The van der Waals surface area contributed by atoms with Crippen molar-refractivity contribution in [3.05, 3.63) is 83.9 Å². The number of nitrogens with one attached hydrogen (secondary N) is 1. The Balaban J connectivity index is 1.40. The maximum absolute atomic E-state index is 13.0. The number of carbonyl (C=O) groups excluding carboxylic acids is 1. The lowest BCUT2D eigenvalue weighted by Crippen LogP contribution is -2.52. The van der Waals surface area contributed by atoms with Gasteiger partial charge in [0.2, 0.25) is 5.91 Å². The number of hydrogen-bond donors (Lipinski definition) is 1. The number of nitrogens with zero attached hydrogens (tertiary/aromatic N) is 2. The molecule has 1 heterocycles. The van der Waals surface area contributed by atoms with Crippen LogP contribution in [0.25, 0.3) is 11.1 Å². The highest BCUT2D eigenvalue weighted by Gasteiger charge is 2.26. The number of amides is 1. The first-order chi connectivity index (χ1) is 14.6. The van der Waals surface area contributed by atoms with Crippen molar-refractivity contribution in [1.29, 1.82) is 0 Å². The van der Waals surface area contributed by atoms with Crippen LogP contribution in [-0.2, 0) is 4.79 Å². The number of halogens is 1. The molecule has 0 saturated carbocycles. The highest BCUT2D eigenvalue weighted by molar-refractivity contribution is 6.30. The number of hydrogen-bond acceptors (Lipinski definition) is 3. The predicted molar refractivity (Wildman–Crippen MR) is 125 cm³/mol. The fourth-order valence-electron chi connectivity index (χ4n) is 3.90. The van der Waals surface area contributed by atoms with Crippen molar-refractivity contribution in [2.75, 3.05) is 36.4 Å². The summed E-state index contributed by atoms with van der Waals surface area (Å²) in [6.45, 7) is 5.40. The monoisotopic (exact) mass is 419 g/mol. The molecule has 1 aliphatic heterocycles. The maximum Gasteiger partial charge on any atom is 0.241 e. The molecule has 30 heavy (non-hydrogen) atoms. The van der Waals surface area contributed by atoms with Gasteiger partial charge in [-0.25, -0.2) is 0 Å². The molecule has 1 atom stereocenters. The zero-order valence-corrected chi connectivity index (χ0v) is 17.8. The molecule has 1 saturated heterocycles. The van der Waals surface area contributed by atoms with Gasteiger partial charge < -0.3 is 10.2 Å². The molecule has 0 aliphatic carbocycles. The molecular weight excluding hydrogens is 394 g/mol. The van der Waals surface area contributed by atoms with Gasteiger partial charge in [-0.2, -0.15) is 0 Å². The molecule has 1 amide bonds. The number of benzene rings is 3. The van der Waals surface area contributed by atoms with E-state index in [-0.39, 0.29) is 11.9 Å². The van der Waals surface area contributed by atoms with Crippen LogP contribution in [0.5, 0.6) is 0 Å². The van der Waals surface area contributed by atoms with Gasteiger partial charge in [0, 0.05) is 48.1 Å². The Hall–Kier alpha value is -2.82. The second-order valence-electron chi connectivity index (χ2n) is 7.58. The van der Waals surface area contributed by atoms with Gasteiger partial charge in [0.25, 0.3) is 0 Å². The van der Waals surface area contributed by atoms with Crippen molar-refractivity contribution in [3.63, 3.8) is 0 Å². The molecule has 1 N–H and O–H groups in total. The van der Waals surface area contributed by atoms with E-state index in [1.165, 1.54) is 0 Å². The van der Waals surface area contributed by atoms with E-state index >= 15 is 0 Å². The minimum atomic E-state index is -0.199. The van der Waals surface area contributed by atoms with Gasteiger partial charge in [0.15, 0.2) is 0 Å². The number of anilines is 2. The van der Waals surface area contributed by atoms with Crippen LogP contribution < -0.4 is 10.2 Å². The van der Waals surface area contributed by atoms with Gasteiger partial charge in [-0.15, -0.1) is 0 Å². The highest BCUT2D eigenvalue weighted by Crippen LogP contribution is 2.28. The fraction of sp³-hybridized carbons (Fsp3) is 0.240.